The van der Waals surface area contributed by atoms with Gasteiger partial charge in [-0.3, -0.25) is 4.79 Å². The van der Waals surface area contributed by atoms with Crippen LogP contribution in [0.3, 0.4) is 0 Å². The van der Waals surface area contributed by atoms with Crippen LogP contribution in [0.1, 0.15) is 22.7 Å². The van der Waals surface area contributed by atoms with E-state index in [9.17, 15) is 4.79 Å². The molecule has 1 aromatic rings. The van der Waals surface area contributed by atoms with Crippen LogP contribution in [0, 0.1) is 0 Å². The minimum atomic E-state index is -0.470. The number of hydrogen-bond acceptors (Lipinski definition) is 4. The van der Waals surface area contributed by atoms with Gasteiger partial charge in [0.15, 0.2) is 0 Å². The molecular weight excluding hydrogens is 212 g/mol. The second-order valence-electron chi connectivity index (χ2n) is 3.25. The third-order valence-corrected chi connectivity index (χ3v) is 3.30. The van der Waals surface area contributed by atoms with Crippen LogP contribution in [-0.2, 0) is 16.0 Å². The van der Waals surface area contributed by atoms with Crippen LogP contribution in [-0.4, -0.2) is 19.1 Å². The number of nitrogens with two attached hydrogens (primary N) is 2. The summed E-state index contributed by atoms with van der Waals surface area (Å²) in [6.45, 7) is 2.36. The lowest BCUT2D eigenvalue weighted by Crippen LogP contribution is -2.22. The molecule has 1 aromatic heterocycles. The second kappa shape index (κ2) is 5.85. The fourth-order valence-corrected chi connectivity index (χ4v) is 2.09. The van der Waals surface area contributed by atoms with Crippen LogP contribution < -0.4 is 11.5 Å². The van der Waals surface area contributed by atoms with Gasteiger partial charge in [-0.2, -0.15) is 0 Å². The van der Waals surface area contributed by atoms with Gasteiger partial charge in [-0.25, -0.2) is 0 Å². The smallest absolute Gasteiger partial charge is 0.243 e. The molecule has 0 aromatic carbocycles. The third-order valence-electron chi connectivity index (χ3n) is 1.94. The summed E-state index contributed by atoms with van der Waals surface area (Å²) in [6.07, 6.45) is 1.01. The maximum atomic E-state index is 10.4. The van der Waals surface area contributed by atoms with E-state index in [4.69, 9.17) is 16.2 Å². The molecule has 15 heavy (non-hydrogen) atoms. The van der Waals surface area contributed by atoms with Gasteiger partial charge in [-0.05, 0) is 18.6 Å². The van der Waals surface area contributed by atoms with Gasteiger partial charge >= 0.3 is 0 Å². The molecule has 1 heterocycles. The molecular formula is C10H16N2O2S. The number of hydrogen-bond donors (Lipinski definition) is 2. The summed E-state index contributed by atoms with van der Waals surface area (Å²) >= 11 is 1.68. The normalized spacial score (nSPS) is 12.7. The molecule has 0 aliphatic carbocycles. The number of amides is 1. The summed E-state index contributed by atoms with van der Waals surface area (Å²) in [5.41, 5.74) is 10.8. The van der Waals surface area contributed by atoms with E-state index in [1.54, 1.807) is 11.3 Å². The molecule has 0 bridgehead atoms. The van der Waals surface area contributed by atoms with E-state index in [0.717, 1.165) is 11.3 Å². The molecule has 1 unspecified atom stereocenters. The SMILES string of the molecule is CCc1ccc(C(N)COCC(N)=O)s1. The van der Waals surface area contributed by atoms with Gasteiger partial charge in [0.05, 0.1) is 12.6 Å². The van der Waals surface area contributed by atoms with E-state index in [0.29, 0.717) is 6.61 Å². The Kier molecular flexibility index (Phi) is 4.74. The number of rotatable bonds is 6. The van der Waals surface area contributed by atoms with E-state index >= 15 is 0 Å². The molecule has 4 N–H and O–H groups in total. The zero-order valence-electron chi connectivity index (χ0n) is 8.73. The van der Waals surface area contributed by atoms with Crippen molar-refractivity contribution in [3.05, 3.63) is 21.9 Å². The van der Waals surface area contributed by atoms with Gasteiger partial charge in [0.1, 0.15) is 6.61 Å². The Balaban J connectivity index is 2.39. The molecule has 0 saturated heterocycles. The first-order chi connectivity index (χ1) is 7.13. The topological polar surface area (TPSA) is 78.3 Å². The lowest BCUT2D eigenvalue weighted by molar-refractivity contribution is -0.122. The largest absolute Gasteiger partial charge is 0.370 e. The van der Waals surface area contributed by atoms with Crippen LogP contribution in [0.5, 0.6) is 0 Å². The number of carbonyl (C=O) groups is 1. The molecule has 0 saturated carbocycles. The fraction of sp³-hybridized carbons (Fsp3) is 0.500. The number of ether oxygens (including phenoxy) is 1. The molecule has 1 atom stereocenters. The summed E-state index contributed by atoms with van der Waals surface area (Å²) < 4.78 is 5.06. The van der Waals surface area contributed by atoms with E-state index in [1.165, 1.54) is 4.88 Å². The molecule has 0 spiro atoms. The van der Waals surface area contributed by atoms with Gasteiger partial charge in [0, 0.05) is 9.75 Å². The van der Waals surface area contributed by atoms with Crippen molar-refractivity contribution in [2.24, 2.45) is 11.5 Å². The lowest BCUT2D eigenvalue weighted by Gasteiger charge is -2.08. The van der Waals surface area contributed by atoms with Crippen LogP contribution in [0.25, 0.3) is 0 Å². The molecule has 1 amide bonds. The summed E-state index contributed by atoms with van der Waals surface area (Å²) in [7, 11) is 0. The molecule has 0 radical (unpaired) electrons. The molecule has 1 rings (SSSR count). The monoisotopic (exact) mass is 228 g/mol. The highest BCUT2D eigenvalue weighted by Gasteiger charge is 2.09. The zero-order valence-corrected chi connectivity index (χ0v) is 9.55. The first-order valence-corrected chi connectivity index (χ1v) is 5.65. The lowest BCUT2D eigenvalue weighted by atomic mass is 10.2. The van der Waals surface area contributed by atoms with E-state index in [-0.39, 0.29) is 12.6 Å². The Labute approximate surface area is 93.2 Å². The highest BCUT2D eigenvalue weighted by Crippen LogP contribution is 2.22. The van der Waals surface area contributed by atoms with Crippen molar-refractivity contribution in [3.63, 3.8) is 0 Å². The standard InChI is InChI=1S/C10H16N2O2S/c1-2-7-3-4-9(15-7)8(11)5-14-6-10(12)13/h3-4,8H,2,5-6,11H2,1H3,(H2,12,13). The van der Waals surface area contributed by atoms with E-state index < -0.39 is 5.91 Å². The maximum Gasteiger partial charge on any atom is 0.243 e. The maximum absolute atomic E-state index is 10.4. The van der Waals surface area contributed by atoms with Crippen molar-refractivity contribution in [3.8, 4) is 0 Å². The molecule has 0 aliphatic rings. The Bertz CT molecular complexity index is 325. The number of primary amides is 1. The summed E-state index contributed by atoms with van der Waals surface area (Å²) in [4.78, 5) is 12.8. The zero-order chi connectivity index (χ0) is 11.3. The van der Waals surface area contributed by atoms with Crippen molar-refractivity contribution in [2.75, 3.05) is 13.2 Å². The highest BCUT2D eigenvalue weighted by atomic mass is 32.1. The second-order valence-corrected chi connectivity index (χ2v) is 4.45. The van der Waals surface area contributed by atoms with Crippen molar-refractivity contribution in [1.82, 2.24) is 0 Å². The summed E-state index contributed by atoms with van der Waals surface area (Å²) in [5.74, 6) is -0.470. The Morgan fingerprint density at radius 1 is 1.60 bits per heavy atom. The number of aryl methyl sites for hydroxylation is 1. The Morgan fingerprint density at radius 2 is 2.33 bits per heavy atom. The van der Waals surface area contributed by atoms with E-state index in [1.807, 2.05) is 6.07 Å². The predicted molar refractivity (Wildman–Crippen MR) is 60.6 cm³/mol. The molecule has 0 fully saturated rings. The average Bonchev–Trinajstić information content (AvgIpc) is 2.65. The van der Waals surface area contributed by atoms with Crippen molar-refractivity contribution >= 4 is 17.2 Å². The Hall–Kier alpha value is -0.910. The van der Waals surface area contributed by atoms with Crippen molar-refractivity contribution < 1.29 is 9.53 Å². The average molecular weight is 228 g/mol. The minimum Gasteiger partial charge on any atom is -0.370 e. The van der Waals surface area contributed by atoms with Crippen molar-refractivity contribution in [2.45, 2.75) is 19.4 Å². The van der Waals surface area contributed by atoms with Gasteiger partial charge in [0.2, 0.25) is 5.91 Å². The number of thiophene rings is 1. The van der Waals surface area contributed by atoms with Gasteiger partial charge in [-0.15, -0.1) is 11.3 Å². The van der Waals surface area contributed by atoms with Crippen LogP contribution in [0.2, 0.25) is 0 Å². The van der Waals surface area contributed by atoms with Gasteiger partial charge in [0.25, 0.3) is 0 Å². The minimum absolute atomic E-state index is 0.0697. The van der Waals surface area contributed by atoms with Crippen LogP contribution >= 0.6 is 11.3 Å². The summed E-state index contributed by atoms with van der Waals surface area (Å²) in [6, 6.07) is 3.89. The molecule has 4 nitrogen and oxygen atoms in total. The molecule has 5 heteroatoms. The van der Waals surface area contributed by atoms with Crippen LogP contribution in [0.4, 0.5) is 0 Å². The summed E-state index contributed by atoms with van der Waals surface area (Å²) in [5, 5.41) is 0. The van der Waals surface area contributed by atoms with E-state index in [2.05, 4.69) is 13.0 Å². The van der Waals surface area contributed by atoms with Crippen LogP contribution in [0.15, 0.2) is 12.1 Å². The fourth-order valence-electron chi connectivity index (χ4n) is 1.15. The number of carbonyl (C=O) groups excluding carboxylic acids is 1. The first kappa shape index (κ1) is 12.2. The molecule has 84 valence electrons. The Morgan fingerprint density at radius 3 is 2.87 bits per heavy atom. The highest BCUT2D eigenvalue weighted by molar-refractivity contribution is 7.12. The third kappa shape index (κ3) is 3.99. The van der Waals surface area contributed by atoms with Gasteiger partial charge in [-0.1, -0.05) is 6.92 Å². The first-order valence-electron chi connectivity index (χ1n) is 4.83. The quantitative estimate of drug-likeness (QED) is 0.756. The predicted octanol–water partition coefficient (Wildman–Crippen LogP) is 0.812. The van der Waals surface area contributed by atoms with Crippen molar-refractivity contribution in [1.29, 1.82) is 0 Å². The van der Waals surface area contributed by atoms with Gasteiger partial charge < -0.3 is 16.2 Å². The molecule has 0 aliphatic heterocycles.